The van der Waals surface area contributed by atoms with Crippen LogP contribution in [0.2, 0.25) is 44.3 Å². The molecule has 14 heteroatoms. The molecule has 0 aliphatic carbocycles. The molecular weight excluding hydrogens is 591 g/mol. The van der Waals surface area contributed by atoms with E-state index in [1.165, 1.54) is 0 Å². The lowest BCUT2D eigenvalue weighted by Crippen LogP contribution is -2.53. The van der Waals surface area contributed by atoms with Crippen LogP contribution in [-0.2, 0) is 8.23 Å². The molecular formula is C13H25Cl9O2Si3. The summed E-state index contributed by atoms with van der Waals surface area (Å²) in [7, 11) is -6.57. The van der Waals surface area contributed by atoms with Crippen LogP contribution in [0.5, 0.6) is 0 Å². The monoisotopic (exact) mass is 612 g/mol. The Morgan fingerprint density at radius 3 is 1.30 bits per heavy atom. The van der Waals surface area contributed by atoms with Crippen molar-refractivity contribution < 1.29 is 8.23 Å². The van der Waals surface area contributed by atoms with Crippen LogP contribution in [0.3, 0.4) is 0 Å². The number of hydrogen-bond acceptors (Lipinski definition) is 2. The van der Waals surface area contributed by atoms with Crippen molar-refractivity contribution in [1.29, 1.82) is 0 Å². The van der Waals surface area contributed by atoms with Crippen LogP contribution in [0.15, 0.2) is 0 Å². The fourth-order valence-electron chi connectivity index (χ4n) is 2.46. The summed E-state index contributed by atoms with van der Waals surface area (Å²) < 4.78 is 8.97. The molecule has 0 rings (SSSR count). The first-order valence-corrected chi connectivity index (χ1v) is 19.9. The molecule has 0 aliphatic heterocycles. The van der Waals surface area contributed by atoms with Gasteiger partial charge >= 0.3 is 8.56 Å². The van der Waals surface area contributed by atoms with Gasteiger partial charge in [0.1, 0.15) is 0 Å². The Bertz CT molecular complexity index is 430. The van der Waals surface area contributed by atoms with Crippen molar-refractivity contribution in [3.63, 3.8) is 0 Å². The Morgan fingerprint density at radius 1 is 0.667 bits per heavy atom. The first-order chi connectivity index (χ1) is 11.7. The largest absolute Gasteiger partial charge is 0.439 e. The molecule has 0 aliphatic rings. The van der Waals surface area contributed by atoms with Crippen LogP contribution < -0.4 is 0 Å². The van der Waals surface area contributed by atoms with Crippen LogP contribution in [0.1, 0.15) is 19.3 Å². The van der Waals surface area contributed by atoms with Gasteiger partial charge in [-0.2, -0.15) is 0 Å². The number of rotatable bonds is 10. The molecule has 0 fully saturated rings. The van der Waals surface area contributed by atoms with Crippen molar-refractivity contribution in [3.8, 4) is 0 Å². The Hall–Kier alpha value is 3.18. The van der Waals surface area contributed by atoms with Crippen molar-refractivity contribution in [3.05, 3.63) is 0 Å². The predicted octanol–water partition coefficient (Wildman–Crippen LogP) is 8.93. The maximum absolute atomic E-state index is 6.69. The van der Waals surface area contributed by atoms with E-state index in [1.807, 2.05) is 0 Å². The standard InChI is InChI=1S/C13H25Cl9O2Si3/c1-25(2)23-27(9-6-12(17,18)19,10-7-13(20,21)22)24-26(3,4)8-5-11(14,15)16/h25H,5-10H2,1-4H3. The molecule has 0 saturated heterocycles. The van der Waals surface area contributed by atoms with E-state index in [4.69, 9.17) is 113 Å². The first-order valence-electron chi connectivity index (χ1n) is 8.32. The van der Waals surface area contributed by atoms with E-state index in [0.29, 0.717) is 37.4 Å². The average Bonchev–Trinajstić information content (AvgIpc) is 2.38. The summed E-state index contributed by atoms with van der Waals surface area (Å²) in [6, 6.07) is 1.61. The molecule has 27 heavy (non-hydrogen) atoms. The normalized spacial score (nSPS) is 14.9. The molecule has 0 heterocycles. The van der Waals surface area contributed by atoms with Crippen LogP contribution in [0, 0.1) is 0 Å². The van der Waals surface area contributed by atoms with Gasteiger partial charge < -0.3 is 8.23 Å². The highest BCUT2D eigenvalue weighted by molar-refractivity contribution is 6.86. The van der Waals surface area contributed by atoms with Gasteiger partial charge in [0.25, 0.3) is 0 Å². The highest BCUT2D eigenvalue weighted by Crippen LogP contribution is 2.42. The Balaban J connectivity index is 5.58. The van der Waals surface area contributed by atoms with Crippen molar-refractivity contribution in [2.45, 2.75) is 75.0 Å². The zero-order valence-corrected chi connectivity index (χ0v) is 25.5. The summed E-state index contributed by atoms with van der Waals surface area (Å²) in [6.07, 6.45) is 0.967. The van der Waals surface area contributed by atoms with Gasteiger partial charge in [0.2, 0.25) is 0 Å². The Kier molecular flexibility index (Phi) is 13.3. The average molecular weight is 617 g/mol. The molecule has 0 aromatic heterocycles. The molecule has 0 saturated carbocycles. The molecule has 0 amide bonds. The minimum absolute atomic E-state index is 0.291. The smallest absolute Gasteiger partial charge is 0.317 e. The lowest BCUT2D eigenvalue weighted by Gasteiger charge is -2.41. The van der Waals surface area contributed by atoms with Gasteiger partial charge in [-0.15, -0.1) is 0 Å². The molecule has 0 radical (unpaired) electrons. The molecule has 0 aromatic rings. The molecule has 0 bridgehead atoms. The van der Waals surface area contributed by atoms with E-state index >= 15 is 0 Å². The summed E-state index contributed by atoms with van der Waals surface area (Å²) in [6.45, 7) is 8.24. The van der Waals surface area contributed by atoms with Gasteiger partial charge in [-0.1, -0.05) is 104 Å². The second-order valence-electron chi connectivity index (χ2n) is 7.28. The van der Waals surface area contributed by atoms with E-state index in [2.05, 4.69) is 26.2 Å². The van der Waals surface area contributed by atoms with Gasteiger partial charge in [-0.3, -0.25) is 0 Å². The van der Waals surface area contributed by atoms with E-state index in [1.54, 1.807) is 0 Å². The Morgan fingerprint density at radius 2 is 1.00 bits per heavy atom. The molecule has 2 nitrogen and oxygen atoms in total. The number of halogens is 9. The minimum Gasteiger partial charge on any atom is -0.439 e. The maximum atomic E-state index is 6.69. The van der Waals surface area contributed by atoms with E-state index in [-0.39, 0.29) is 0 Å². The second kappa shape index (κ2) is 11.9. The fraction of sp³-hybridized carbons (Fsp3) is 1.00. The van der Waals surface area contributed by atoms with Gasteiger partial charge in [0.15, 0.2) is 28.7 Å². The van der Waals surface area contributed by atoms with Gasteiger partial charge in [0.05, 0.1) is 0 Å². The lowest BCUT2D eigenvalue weighted by atomic mass is 10.5. The highest BCUT2D eigenvalue weighted by Gasteiger charge is 2.46. The van der Waals surface area contributed by atoms with E-state index < -0.39 is 37.3 Å². The topological polar surface area (TPSA) is 18.5 Å². The summed E-state index contributed by atoms with van der Waals surface area (Å²) >= 11 is 53.7. The van der Waals surface area contributed by atoms with Crippen molar-refractivity contribution in [1.82, 2.24) is 0 Å². The molecule has 164 valence electrons. The third-order valence-corrected chi connectivity index (χ3v) is 16.0. The maximum Gasteiger partial charge on any atom is 0.317 e. The zero-order valence-electron chi connectivity index (χ0n) is 15.5. The third-order valence-electron chi connectivity index (χ3n) is 3.50. The Labute approximate surface area is 211 Å². The fourth-order valence-corrected chi connectivity index (χ4v) is 17.7. The second-order valence-corrected chi connectivity index (χ2v) is 25.5. The number of hydrogen-bond donors (Lipinski definition) is 0. The van der Waals surface area contributed by atoms with Gasteiger partial charge in [0, 0.05) is 0 Å². The molecule has 0 spiro atoms. The summed E-state index contributed by atoms with van der Waals surface area (Å²) in [5.74, 6) is 0. The molecule has 0 N–H and O–H groups in total. The van der Waals surface area contributed by atoms with Crippen molar-refractivity contribution in [2.75, 3.05) is 0 Å². The van der Waals surface area contributed by atoms with Crippen LogP contribution in [0.4, 0.5) is 0 Å². The molecule has 0 aromatic carbocycles. The summed E-state index contributed by atoms with van der Waals surface area (Å²) in [4.78, 5) is 0. The van der Waals surface area contributed by atoms with Crippen molar-refractivity contribution in [2.24, 2.45) is 0 Å². The molecule has 0 atom stereocenters. The third kappa shape index (κ3) is 17.4. The van der Waals surface area contributed by atoms with Crippen molar-refractivity contribution >= 4 is 130 Å². The lowest BCUT2D eigenvalue weighted by molar-refractivity contribution is 0.372. The number of alkyl halides is 9. The minimum atomic E-state index is -2.82. The van der Waals surface area contributed by atoms with E-state index in [0.717, 1.165) is 0 Å². The van der Waals surface area contributed by atoms with E-state index in [9.17, 15) is 0 Å². The van der Waals surface area contributed by atoms with Crippen LogP contribution >= 0.6 is 104 Å². The first kappa shape index (κ1) is 30.2. The van der Waals surface area contributed by atoms with Crippen LogP contribution in [0.25, 0.3) is 0 Å². The van der Waals surface area contributed by atoms with Gasteiger partial charge in [-0.25, -0.2) is 0 Å². The van der Waals surface area contributed by atoms with Crippen LogP contribution in [-0.4, -0.2) is 37.3 Å². The quantitative estimate of drug-likeness (QED) is 0.180. The SMILES string of the molecule is C[SiH](C)O[Si](CCC(Cl)(Cl)Cl)(CCC(Cl)(Cl)Cl)O[Si](C)(C)CCC(Cl)(Cl)Cl. The zero-order chi connectivity index (χ0) is 21.7. The van der Waals surface area contributed by atoms with Gasteiger partial charge in [-0.05, 0) is 63.6 Å². The predicted molar refractivity (Wildman–Crippen MR) is 133 cm³/mol. The summed E-state index contributed by atoms with van der Waals surface area (Å²) in [5, 5.41) is 0. The summed E-state index contributed by atoms with van der Waals surface area (Å²) in [5.41, 5.74) is 0. The highest BCUT2D eigenvalue weighted by atomic mass is 35.6. The molecule has 0 unspecified atom stereocenters.